The molecule has 3 heteroatoms. The molecule has 1 saturated carbocycles. The van der Waals surface area contributed by atoms with Crippen molar-refractivity contribution < 1.29 is 9.15 Å². The summed E-state index contributed by atoms with van der Waals surface area (Å²) >= 11 is 0. The third-order valence-corrected chi connectivity index (χ3v) is 4.20. The maximum Gasteiger partial charge on any atom is 0.344 e. The van der Waals surface area contributed by atoms with Crippen molar-refractivity contribution in [2.75, 3.05) is 7.11 Å². The van der Waals surface area contributed by atoms with E-state index in [0.29, 0.717) is 17.1 Å². The highest BCUT2D eigenvalue weighted by molar-refractivity contribution is 5.90. The molecule has 1 fully saturated rings. The van der Waals surface area contributed by atoms with E-state index in [0.717, 1.165) is 35.1 Å². The molecule has 0 radical (unpaired) electrons. The normalized spacial score (nSPS) is 14.2. The molecule has 1 aromatic heterocycles. The number of fused-ring (bicyclic) bond motifs is 1. The first-order valence-electron chi connectivity index (χ1n) is 7.48. The van der Waals surface area contributed by atoms with Gasteiger partial charge in [-0.2, -0.15) is 0 Å². The van der Waals surface area contributed by atoms with E-state index in [1.165, 1.54) is 0 Å². The summed E-state index contributed by atoms with van der Waals surface area (Å²) in [6, 6.07) is 15.4. The molecule has 1 aliphatic rings. The molecule has 110 valence electrons. The molecule has 3 nitrogen and oxygen atoms in total. The predicted molar refractivity (Wildman–Crippen MR) is 86.4 cm³/mol. The van der Waals surface area contributed by atoms with E-state index in [2.05, 4.69) is 0 Å². The first-order chi connectivity index (χ1) is 10.8. The van der Waals surface area contributed by atoms with Crippen LogP contribution in [0.5, 0.6) is 5.75 Å². The number of rotatable bonds is 3. The fraction of sp³-hybridized carbons (Fsp3) is 0.211. The van der Waals surface area contributed by atoms with Crippen LogP contribution in [0.15, 0.2) is 57.7 Å². The van der Waals surface area contributed by atoms with Gasteiger partial charge in [0.2, 0.25) is 0 Å². The summed E-state index contributed by atoms with van der Waals surface area (Å²) in [7, 11) is 1.64. The quantitative estimate of drug-likeness (QED) is 0.720. The number of hydrogen-bond acceptors (Lipinski definition) is 3. The Bertz CT molecular complexity index is 890. The largest absolute Gasteiger partial charge is 0.497 e. The van der Waals surface area contributed by atoms with Crippen LogP contribution >= 0.6 is 0 Å². The SMILES string of the molecule is COc1ccc2c(=O)oc(-c3ccccc3)c(C3CC3)c2c1. The van der Waals surface area contributed by atoms with Gasteiger partial charge in [-0.25, -0.2) is 4.79 Å². The summed E-state index contributed by atoms with van der Waals surface area (Å²) in [5, 5.41) is 1.58. The smallest absolute Gasteiger partial charge is 0.344 e. The standard InChI is InChI=1S/C19H16O3/c1-21-14-9-10-15-16(11-14)17(12-7-8-12)18(22-19(15)20)13-5-3-2-4-6-13/h2-6,9-12H,7-8H2,1H3. The molecule has 4 rings (SSSR count). The van der Waals surface area contributed by atoms with Gasteiger partial charge in [0.1, 0.15) is 11.5 Å². The summed E-state index contributed by atoms with van der Waals surface area (Å²) in [6.45, 7) is 0. The van der Waals surface area contributed by atoms with E-state index in [1.807, 2.05) is 36.4 Å². The minimum Gasteiger partial charge on any atom is -0.497 e. The monoisotopic (exact) mass is 292 g/mol. The van der Waals surface area contributed by atoms with E-state index < -0.39 is 0 Å². The third kappa shape index (κ3) is 2.10. The van der Waals surface area contributed by atoms with Gasteiger partial charge in [-0.1, -0.05) is 30.3 Å². The highest BCUT2D eigenvalue weighted by atomic mass is 16.5. The summed E-state index contributed by atoms with van der Waals surface area (Å²) in [5.41, 5.74) is 1.80. The fourth-order valence-corrected chi connectivity index (χ4v) is 2.96. The molecule has 0 bridgehead atoms. The summed E-state index contributed by atoms with van der Waals surface area (Å²) < 4.78 is 11.0. The molecule has 0 amide bonds. The molecular formula is C19H16O3. The summed E-state index contributed by atoms with van der Waals surface area (Å²) in [5.74, 6) is 1.93. The molecular weight excluding hydrogens is 276 g/mol. The van der Waals surface area contributed by atoms with Gasteiger partial charge in [0.25, 0.3) is 0 Å². The zero-order valence-electron chi connectivity index (χ0n) is 12.3. The molecule has 0 unspecified atom stereocenters. The van der Waals surface area contributed by atoms with Crippen molar-refractivity contribution in [2.24, 2.45) is 0 Å². The second kappa shape index (κ2) is 5.02. The van der Waals surface area contributed by atoms with Gasteiger partial charge < -0.3 is 9.15 Å². The number of benzene rings is 2. The van der Waals surface area contributed by atoms with Crippen LogP contribution < -0.4 is 10.4 Å². The van der Waals surface area contributed by atoms with Crippen LogP contribution in [-0.4, -0.2) is 7.11 Å². The molecule has 1 heterocycles. The maximum atomic E-state index is 12.4. The van der Waals surface area contributed by atoms with Gasteiger partial charge in [0.15, 0.2) is 0 Å². The van der Waals surface area contributed by atoms with Crippen LogP contribution in [-0.2, 0) is 0 Å². The van der Waals surface area contributed by atoms with Gasteiger partial charge in [-0.05, 0) is 42.3 Å². The molecule has 0 aliphatic heterocycles. The Balaban J connectivity index is 2.08. The lowest BCUT2D eigenvalue weighted by Gasteiger charge is -2.12. The Morgan fingerprint density at radius 3 is 2.50 bits per heavy atom. The lowest BCUT2D eigenvalue weighted by Crippen LogP contribution is -2.04. The van der Waals surface area contributed by atoms with Crippen molar-refractivity contribution in [3.05, 3.63) is 64.5 Å². The Hall–Kier alpha value is -2.55. The number of hydrogen-bond donors (Lipinski definition) is 0. The van der Waals surface area contributed by atoms with Crippen molar-refractivity contribution in [1.29, 1.82) is 0 Å². The van der Waals surface area contributed by atoms with Crippen LogP contribution in [0.1, 0.15) is 24.3 Å². The van der Waals surface area contributed by atoms with E-state index in [1.54, 1.807) is 19.2 Å². The number of ether oxygens (including phenoxy) is 1. The lowest BCUT2D eigenvalue weighted by atomic mass is 9.98. The zero-order valence-corrected chi connectivity index (χ0v) is 12.3. The second-order valence-electron chi connectivity index (χ2n) is 5.68. The molecule has 0 N–H and O–H groups in total. The maximum absolute atomic E-state index is 12.4. The molecule has 22 heavy (non-hydrogen) atoms. The zero-order chi connectivity index (χ0) is 15.1. The third-order valence-electron chi connectivity index (χ3n) is 4.20. The van der Waals surface area contributed by atoms with Crippen LogP contribution in [0.3, 0.4) is 0 Å². The predicted octanol–water partition coefficient (Wildman–Crippen LogP) is 4.35. The first-order valence-corrected chi connectivity index (χ1v) is 7.48. The summed E-state index contributed by atoms with van der Waals surface area (Å²) in [4.78, 5) is 12.4. The van der Waals surface area contributed by atoms with Crippen molar-refractivity contribution in [1.82, 2.24) is 0 Å². The van der Waals surface area contributed by atoms with Gasteiger partial charge >= 0.3 is 5.63 Å². The highest BCUT2D eigenvalue weighted by Crippen LogP contribution is 2.47. The molecule has 1 aliphatic carbocycles. The number of methoxy groups -OCH3 is 1. The minimum atomic E-state index is -0.291. The topological polar surface area (TPSA) is 39.4 Å². The fourth-order valence-electron chi connectivity index (χ4n) is 2.96. The van der Waals surface area contributed by atoms with E-state index in [-0.39, 0.29) is 5.63 Å². The first kappa shape index (κ1) is 13.1. The Morgan fingerprint density at radius 2 is 1.82 bits per heavy atom. The van der Waals surface area contributed by atoms with Crippen molar-refractivity contribution in [3.63, 3.8) is 0 Å². The van der Waals surface area contributed by atoms with E-state index in [4.69, 9.17) is 9.15 Å². The van der Waals surface area contributed by atoms with Crippen molar-refractivity contribution in [2.45, 2.75) is 18.8 Å². The lowest BCUT2D eigenvalue weighted by molar-refractivity contribution is 0.415. The van der Waals surface area contributed by atoms with Crippen molar-refractivity contribution >= 4 is 10.8 Å². The Kier molecular flexibility index (Phi) is 3.00. The molecule has 2 aromatic carbocycles. The molecule has 3 aromatic rings. The van der Waals surface area contributed by atoms with Crippen LogP contribution in [0.2, 0.25) is 0 Å². The molecule has 0 atom stereocenters. The Morgan fingerprint density at radius 1 is 1.05 bits per heavy atom. The average Bonchev–Trinajstić information content (AvgIpc) is 3.39. The van der Waals surface area contributed by atoms with Gasteiger partial charge in [-0.15, -0.1) is 0 Å². The van der Waals surface area contributed by atoms with E-state index >= 15 is 0 Å². The van der Waals surface area contributed by atoms with Crippen molar-refractivity contribution in [3.8, 4) is 17.1 Å². The molecule has 0 spiro atoms. The second-order valence-corrected chi connectivity index (χ2v) is 5.68. The highest BCUT2D eigenvalue weighted by Gasteiger charge is 2.30. The van der Waals surface area contributed by atoms with E-state index in [9.17, 15) is 4.79 Å². The van der Waals surface area contributed by atoms with Gasteiger partial charge in [-0.3, -0.25) is 0 Å². The average molecular weight is 292 g/mol. The Labute approximate surface area is 128 Å². The summed E-state index contributed by atoms with van der Waals surface area (Å²) in [6.07, 6.45) is 2.28. The minimum absolute atomic E-state index is 0.291. The van der Waals surface area contributed by atoms with Crippen LogP contribution in [0.4, 0.5) is 0 Å². The molecule has 0 saturated heterocycles. The van der Waals surface area contributed by atoms with Gasteiger partial charge in [0, 0.05) is 11.1 Å². The van der Waals surface area contributed by atoms with Crippen LogP contribution in [0, 0.1) is 0 Å². The van der Waals surface area contributed by atoms with Crippen LogP contribution in [0.25, 0.3) is 22.1 Å². The van der Waals surface area contributed by atoms with Gasteiger partial charge in [0.05, 0.1) is 12.5 Å².